The van der Waals surface area contributed by atoms with E-state index in [1.165, 1.54) is 11.1 Å². The first-order valence-electron chi connectivity index (χ1n) is 4.25. The summed E-state index contributed by atoms with van der Waals surface area (Å²) in [5, 5.41) is 0. The summed E-state index contributed by atoms with van der Waals surface area (Å²) in [6.07, 6.45) is 1.76. The van der Waals surface area contributed by atoms with Crippen LogP contribution in [0.25, 0.3) is 0 Å². The Hall–Kier alpha value is -1.44. The van der Waals surface area contributed by atoms with E-state index in [1.54, 1.807) is 6.21 Å². The molecule has 0 spiro atoms. The van der Waals surface area contributed by atoms with Crippen molar-refractivity contribution in [2.24, 2.45) is 9.98 Å². The van der Waals surface area contributed by atoms with Crippen LogP contribution in [-0.2, 0) is 0 Å². The fraction of sp³-hybridized carbons (Fsp3) is 0.273. The largest absolute Gasteiger partial charge is 0.262 e. The van der Waals surface area contributed by atoms with Crippen molar-refractivity contribution in [2.45, 2.75) is 20.8 Å². The van der Waals surface area contributed by atoms with Gasteiger partial charge in [-0.05, 0) is 50.7 Å². The first kappa shape index (κ1) is 9.65. The van der Waals surface area contributed by atoms with Crippen LogP contribution in [0, 0.1) is 13.8 Å². The quantitative estimate of drug-likeness (QED) is 0.614. The van der Waals surface area contributed by atoms with Crippen molar-refractivity contribution in [1.29, 1.82) is 0 Å². The zero-order valence-corrected chi connectivity index (χ0v) is 8.33. The lowest BCUT2D eigenvalue weighted by Gasteiger charge is -2.04. The molecule has 0 N–H and O–H groups in total. The first-order valence-corrected chi connectivity index (χ1v) is 4.25. The van der Waals surface area contributed by atoms with Gasteiger partial charge in [-0.1, -0.05) is 0 Å². The maximum atomic E-state index is 4.22. The lowest BCUT2D eigenvalue weighted by Crippen LogP contribution is -1.80. The van der Waals surface area contributed by atoms with Crippen LogP contribution in [0.2, 0.25) is 0 Å². The third-order valence-electron chi connectivity index (χ3n) is 2.03. The van der Waals surface area contributed by atoms with E-state index in [0.717, 1.165) is 11.4 Å². The molecule has 0 amide bonds. The minimum Gasteiger partial charge on any atom is -0.262 e. The highest BCUT2D eigenvalue weighted by atomic mass is 14.8. The molecule has 0 unspecified atom stereocenters. The van der Waals surface area contributed by atoms with Gasteiger partial charge in [-0.25, -0.2) is 0 Å². The van der Waals surface area contributed by atoms with Gasteiger partial charge in [0.2, 0.25) is 0 Å². The summed E-state index contributed by atoms with van der Waals surface area (Å²) in [5.74, 6) is 0. The maximum Gasteiger partial charge on any atom is 0.0884 e. The molecule has 0 saturated heterocycles. The van der Waals surface area contributed by atoms with Gasteiger partial charge in [0.25, 0.3) is 0 Å². The number of benzene rings is 1. The highest BCUT2D eigenvalue weighted by Crippen LogP contribution is 2.30. The van der Waals surface area contributed by atoms with E-state index < -0.39 is 0 Å². The van der Waals surface area contributed by atoms with Crippen molar-refractivity contribution in [3.8, 4) is 0 Å². The summed E-state index contributed by atoms with van der Waals surface area (Å²) in [6.45, 7) is 9.54. The molecule has 0 aromatic heterocycles. The van der Waals surface area contributed by atoms with Gasteiger partial charge < -0.3 is 0 Å². The molecule has 0 bridgehead atoms. The lowest BCUT2D eigenvalue weighted by molar-refractivity contribution is 1.31. The van der Waals surface area contributed by atoms with Crippen molar-refractivity contribution in [2.75, 3.05) is 0 Å². The van der Waals surface area contributed by atoms with Gasteiger partial charge in [-0.2, -0.15) is 0 Å². The van der Waals surface area contributed by atoms with Crippen LogP contribution >= 0.6 is 0 Å². The zero-order valence-electron chi connectivity index (χ0n) is 8.33. The summed E-state index contributed by atoms with van der Waals surface area (Å²) in [6, 6.07) is 4.03. The number of aryl methyl sites for hydroxylation is 2. The second-order valence-corrected chi connectivity index (χ2v) is 2.97. The molecular formula is C11H14N2. The predicted molar refractivity (Wildman–Crippen MR) is 59.0 cm³/mol. The van der Waals surface area contributed by atoms with Gasteiger partial charge in [-0.15, -0.1) is 0 Å². The average Bonchev–Trinajstić information content (AvgIpc) is 2.11. The number of hydrogen-bond acceptors (Lipinski definition) is 2. The number of hydrogen-bond donors (Lipinski definition) is 0. The second-order valence-electron chi connectivity index (χ2n) is 2.97. The highest BCUT2D eigenvalue weighted by Gasteiger charge is 2.01. The number of aliphatic imine (C=N–C) groups is 2. The van der Waals surface area contributed by atoms with Crippen molar-refractivity contribution in [3.63, 3.8) is 0 Å². The van der Waals surface area contributed by atoms with Gasteiger partial charge >= 0.3 is 0 Å². The second kappa shape index (κ2) is 3.99. The van der Waals surface area contributed by atoms with Crippen molar-refractivity contribution >= 4 is 24.3 Å². The third kappa shape index (κ3) is 2.02. The summed E-state index contributed by atoms with van der Waals surface area (Å²) in [5.41, 5.74) is 4.19. The fourth-order valence-electron chi connectivity index (χ4n) is 1.15. The van der Waals surface area contributed by atoms with Crippen LogP contribution in [0.15, 0.2) is 22.1 Å². The van der Waals surface area contributed by atoms with Gasteiger partial charge in [0.1, 0.15) is 0 Å². The van der Waals surface area contributed by atoms with Crippen molar-refractivity contribution in [1.82, 2.24) is 0 Å². The smallest absolute Gasteiger partial charge is 0.0884 e. The summed E-state index contributed by atoms with van der Waals surface area (Å²) < 4.78 is 0. The van der Waals surface area contributed by atoms with Crippen molar-refractivity contribution < 1.29 is 0 Å². The van der Waals surface area contributed by atoms with Crippen LogP contribution in [-0.4, -0.2) is 12.9 Å². The van der Waals surface area contributed by atoms with Crippen LogP contribution in [0.1, 0.15) is 18.1 Å². The molecule has 2 nitrogen and oxygen atoms in total. The number of rotatable bonds is 2. The Balaban J connectivity index is 3.32. The highest BCUT2D eigenvalue weighted by molar-refractivity contribution is 5.72. The Morgan fingerprint density at radius 3 is 2.15 bits per heavy atom. The molecule has 1 rings (SSSR count). The van der Waals surface area contributed by atoms with E-state index in [2.05, 4.69) is 30.5 Å². The fourth-order valence-corrected chi connectivity index (χ4v) is 1.15. The molecule has 0 aliphatic rings. The van der Waals surface area contributed by atoms with E-state index >= 15 is 0 Å². The Bertz CT molecular complexity index is 351. The van der Waals surface area contributed by atoms with Crippen LogP contribution in [0.5, 0.6) is 0 Å². The molecule has 1 aromatic carbocycles. The Labute approximate surface area is 79.0 Å². The molecule has 0 atom stereocenters. The number of nitrogens with zero attached hydrogens (tertiary/aromatic N) is 2. The monoisotopic (exact) mass is 174 g/mol. The summed E-state index contributed by atoms with van der Waals surface area (Å²) in [4.78, 5) is 8.15. The molecule has 0 radical (unpaired) electrons. The van der Waals surface area contributed by atoms with Crippen LogP contribution < -0.4 is 0 Å². The summed E-state index contributed by atoms with van der Waals surface area (Å²) in [7, 11) is 0. The molecule has 1 aromatic rings. The van der Waals surface area contributed by atoms with Gasteiger partial charge in [0.15, 0.2) is 0 Å². The molecule has 0 fully saturated rings. The molecule has 0 aliphatic heterocycles. The topological polar surface area (TPSA) is 24.7 Å². The minimum atomic E-state index is 0.848. The molecule has 2 heteroatoms. The van der Waals surface area contributed by atoms with Crippen molar-refractivity contribution in [3.05, 3.63) is 23.3 Å². The Kier molecular flexibility index (Phi) is 2.96. The molecule has 68 valence electrons. The van der Waals surface area contributed by atoms with Crippen LogP contribution in [0.3, 0.4) is 0 Å². The standard InChI is InChI=1S/C11H14N2/c1-5-13-11-7-9(3)8(2)6-10(11)12-4/h5-7H,4H2,1-3H3/b13-5-. The minimum absolute atomic E-state index is 0.848. The molecule has 0 heterocycles. The van der Waals surface area contributed by atoms with Gasteiger partial charge in [-0.3, -0.25) is 9.98 Å². The van der Waals surface area contributed by atoms with E-state index in [9.17, 15) is 0 Å². The lowest BCUT2D eigenvalue weighted by atomic mass is 10.1. The third-order valence-corrected chi connectivity index (χ3v) is 2.03. The van der Waals surface area contributed by atoms with Gasteiger partial charge in [0.05, 0.1) is 11.4 Å². The zero-order chi connectivity index (χ0) is 9.84. The normalized spacial score (nSPS) is 10.7. The van der Waals surface area contributed by atoms with Gasteiger partial charge in [0, 0.05) is 6.21 Å². The Morgan fingerprint density at radius 2 is 1.69 bits per heavy atom. The average molecular weight is 174 g/mol. The molecule has 0 aliphatic carbocycles. The molecule has 13 heavy (non-hydrogen) atoms. The molecule has 0 saturated carbocycles. The Morgan fingerprint density at radius 1 is 1.15 bits per heavy atom. The summed E-state index contributed by atoms with van der Waals surface area (Å²) >= 11 is 0. The van der Waals surface area contributed by atoms with E-state index in [4.69, 9.17) is 0 Å². The van der Waals surface area contributed by atoms with Crippen LogP contribution in [0.4, 0.5) is 11.4 Å². The first-order chi connectivity index (χ1) is 6.19. The van der Waals surface area contributed by atoms with E-state index in [1.807, 2.05) is 19.1 Å². The SMILES string of the molecule is C=Nc1cc(C)c(C)cc1/N=C\C. The predicted octanol–water partition coefficient (Wildman–Crippen LogP) is 3.36. The van der Waals surface area contributed by atoms with E-state index in [-0.39, 0.29) is 0 Å². The molecular weight excluding hydrogens is 160 g/mol. The van der Waals surface area contributed by atoms with E-state index in [0.29, 0.717) is 0 Å². The maximum absolute atomic E-state index is 4.22.